The first-order valence-electron chi connectivity index (χ1n) is 8.18. The maximum Gasteiger partial charge on any atom is 0.263 e. The molecule has 1 aliphatic rings. The number of fused-ring (bicyclic) bond motifs is 1. The van der Waals surface area contributed by atoms with Gasteiger partial charge < -0.3 is 14.8 Å². The Labute approximate surface area is 156 Å². The minimum Gasteiger partial charge on any atom is -0.486 e. The van der Waals surface area contributed by atoms with Crippen molar-refractivity contribution < 1.29 is 17.9 Å². The Morgan fingerprint density at radius 2 is 1.52 bits per heavy atom. The fourth-order valence-electron chi connectivity index (χ4n) is 2.52. The van der Waals surface area contributed by atoms with Gasteiger partial charge in [-0.05, 0) is 36.4 Å². The van der Waals surface area contributed by atoms with Crippen LogP contribution in [0.25, 0.3) is 0 Å². The zero-order valence-electron chi connectivity index (χ0n) is 14.1. The summed E-state index contributed by atoms with van der Waals surface area (Å²) in [6.45, 7) is 1.04. The quantitative estimate of drug-likeness (QED) is 0.697. The van der Waals surface area contributed by atoms with Gasteiger partial charge in [0, 0.05) is 11.8 Å². The highest BCUT2D eigenvalue weighted by Gasteiger charge is 2.15. The van der Waals surface area contributed by atoms with E-state index in [0.29, 0.717) is 30.5 Å². The molecule has 8 nitrogen and oxygen atoms in total. The Morgan fingerprint density at radius 3 is 2.26 bits per heavy atom. The third kappa shape index (κ3) is 3.93. The second-order valence-corrected chi connectivity index (χ2v) is 7.39. The van der Waals surface area contributed by atoms with Crippen molar-refractivity contribution in [3.05, 3.63) is 60.7 Å². The maximum atomic E-state index is 12.3. The molecule has 2 heterocycles. The summed E-state index contributed by atoms with van der Waals surface area (Å²) in [6.07, 6.45) is 0. The van der Waals surface area contributed by atoms with Crippen LogP contribution in [0, 0.1) is 0 Å². The van der Waals surface area contributed by atoms with Gasteiger partial charge in [0.05, 0.1) is 4.90 Å². The molecule has 0 unspecified atom stereocenters. The summed E-state index contributed by atoms with van der Waals surface area (Å²) < 4.78 is 38.0. The molecule has 1 aromatic heterocycles. The SMILES string of the molecule is O=S(=O)(Nc1ccc(Nc2ccc3c(c2)OCCO3)nn1)c1ccccc1. The first-order valence-corrected chi connectivity index (χ1v) is 9.67. The molecular weight excluding hydrogens is 368 g/mol. The molecule has 0 bridgehead atoms. The molecule has 0 saturated carbocycles. The molecule has 0 atom stereocenters. The summed E-state index contributed by atoms with van der Waals surface area (Å²) in [5, 5.41) is 11.0. The minimum atomic E-state index is -3.70. The van der Waals surface area contributed by atoms with Gasteiger partial charge in [-0.3, -0.25) is 4.72 Å². The number of nitrogens with zero attached hydrogens (tertiary/aromatic N) is 2. The van der Waals surface area contributed by atoms with E-state index in [0.717, 1.165) is 5.69 Å². The molecule has 0 radical (unpaired) electrons. The lowest BCUT2D eigenvalue weighted by molar-refractivity contribution is 0.171. The molecular formula is C18H16N4O4S. The number of sulfonamides is 1. The van der Waals surface area contributed by atoms with Crippen LogP contribution in [0.2, 0.25) is 0 Å². The van der Waals surface area contributed by atoms with E-state index in [1.165, 1.54) is 18.2 Å². The average Bonchev–Trinajstić information content (AvgIpc) is 2.70. The number of hydrogen-bond donors (Lipinski definition) is 2. The highest BCUT2D eigenvalue weighted by Crippen LogP contribution is 2.33. The summed E-state index contributed by atoms with van der Waals surface area (Å²) in [7, 11) is -3.70. The second-order valence-electron chi connectivity index (χ2n) is 5.71. The van der Waals surface area contributed by atoms with Gasteiger partial charge in [0.2, 0.25) is 0 Å². The molecule has 0 fully saturated rings. The van der Waals surface area contributed by atoms with Gasteiger partial charge in [0.1, 0.15) is 13.2 Å². The third-order valence-electron chi connectivity index (χ3n) is 3.77. The van der Waals surface area contributed by atoms with Gasteiger partial charge >= 0.3 is 0 Å². The summed E-state index contributed by atoms with van der Waals surface area (Å²) in [6, 6.07) is 16.7. The molecule has 0 spiro atoms. The molecule has 1 aliphatic heterocycles. The fourth-order valence-corrected chi connectivity index (χ4v) is 3.54. The molecule has 0 aliphatic carbocycles. The smallest absolute Gasteiger partial charge is 0.263 e. The lowest BCUT2D eigenvalue weighted by atomic mass is 10.2. The predicted molar refractivity (Wildman–Crippen MR) is 100.0 cm³/mol. The molecule has 2 N–H and O–H groups in total. The largest absolute Gasteiger partial charge is 0.486 e. The summed E-state index contributed by atoms with van der Waals surface area (Å²) >= 11 is 0. The highest BCUT2D eigenvalue weighted by atomic mass is 32.2. The topological polar surface area (TPSA) is 102 Å². The molecule has 0 saturated heterocycles. The zero-order chi connectivity index (χ0) is 18.7. The Hall–Kier alpha value is -3.33. The number of rotatable bonds is 5. The lowest BCUT2D eigenvalue weighted by Gasteiger charge is -2.19. The number of hydrogen-bond acceptors (Lipinski definition) is 7. The Kier molecular flexibility index (Phi) is 4.51. The van der Waals surface area contributed by atoms with E-state index in [-0.39, 0.29) is 10.7 Å². The van der Waals surface area contributed by atoms with Crippen LogP contribution in [-0.4, -0.2) is 31.8 Å². The van der Waals surface area contributed by atoms with Gasteiger partial charge in [0.25, 0.3) is 10.0 Å². The van der Waals surface area contributed by atoms with Gasteiger partial charge in [0.15, 0.2) is 23.1 Å². The first kappa shape index (κ1) is 17.1. The van der Waals surface area contributed by atoms with Crippen molar-refractivity contribution in [3.8, 4) is 11.5 Å². The predicted octanol–water partition coefficient (Wildman–Crippen LogP) is 2.79. The van der Waals surface area contributed by atoms with E-state index in [9.17, 15) is 8.42 Å². The van der Waals surface area contributed by atoms with E-state index in [1.54, 1.807) is 24.3 Å². The normalized spacial score (nSPS) is 13.0. The summed E-state index contributed by atoms with van der Waals surface area (Å²) in [5.74, 6) is 1.95. The standard InChI is InChI=1S/C18H16N4O4S/c23-27(24,14-4-2-1-3-5-14)22-18-9-8-17(20-21-18)19-13-6-7-15-16(12-13)26-11-10-25-15/h1-9,12H,10-11H2,(H,19,20)(H,21,22). The third-order valence-corrected chi connectivity index (χ3v) is 5.14. The molecule has 27 heavy (non-hydrogen) atoms. The van der Waals surface area contributed by atoms with Crippen molar-refractivity contribution >= 4 is 27.3 Å². The fraction of sp³-hybridized carbons (Fsp3) is 0.111. The van der Waals surface area contributed by atoms with Gasteiger partial charge in [-0.2, -0.15) is 0 Å². The number of anilines is 3. The van der Waals surface area contributed by atoms with E-state index >= 15 is 0 Å². The molecule has 9 heteroatoms. The molecule has 2 aromatic carbocycles. The number of nitrogens with one attached hydrogen (secondary N) is 2. The van der Waals surface area contributed by atoms with Crippen LogP contribution in [0.5, 0.6) is 11.5 Å². The van der Waals surface area contributed by atoms with Crippen LogP contribution in [0.1, 0.15) is 0 Å². The minimum absolute atomic E-state index is 0.131. The number of ether oxygens (including phenoxy) is 2. The van der Waals surface area contributed by atoms with Gasteiger partial charge in [-0.25, -0.2) is 8.42 Å². The Morgan fingerprint density at radius 1 is 0.815 bits per heavy atom. The summed E-state index contributed by atoms with van der Waals surface area (Å²) in [5.41, 5.74) is 0.756. The monoisotopic (exact) mass is 384 g/mol. The number of benzene rings is 2. The van der Waals surface area contributed by atoms with Crippen molar-refractivity contribution in [2.75, 3.05) is 23.3 Å². The maximum absolute atomic E-state index is 12.3. The molecule has 3 aromatic rings. The van der Waals surface area contributed by atoms with Crippen molar-refractivity contribution in [1.29, 1.82) is 0 Å². The van der Waals surface area contributed by atoms with E-state index in [4.69, 9.17) is 9.47 Å². The second kappa shape index (κ2) is 7.12. The molecule has 4 rings (SSSR count). The number of aromatic nitrogens is 2. The van der Waals surface area contributed by atoms with E-state index < -0.39 is 10.0 Å². The van der Waals surface area contributed by atoms with Crippen LogP contribution in [0.15, 0.2) is 65.6 Å². The van der Waals surface area contributed by atoms with Crippen LogP contribution in [-0.2, 0) is 10.0 Å². The van der Waals surface area contributed by atoms with Crippen molar-refractivity contribution in [2.45, 2.75) is 4.90 Å². The molecule has 0 amide bonds. The van der Waals surface area contributed by atoms with Crippen LogP contribution in [0.4, 0.5) is 17.3 Å². The van der Waals surface area contributed by atoms with Crippen LogP contribution >= 0.6 is 0 Å². The molecule has 138 valence electrons. The summed E-state index contributed by atoms with van der Waals surface area (Å²) in [4.78, 5) is 0.158. The zero-order valence-corrected chi connectivity index (χ0v) is 14.9. The van der Waals surface area contributed by atoms with Crippen molar-refractivity contribution in [2.24, 2.45) is 0 Å². The van der Waals surface area contributed by atoms with Crippen LogP contribution in [0.3, 0.4) is 0 Å². The Bertz CT molecular complexity index is 1040. The van der Waals surface area contributed by atoms with Gasteiger partial charge in [-0.15, -0.1) is 10.2 Å². The average molecular weight is 384 g/mol. The lowest BCUT2D eigenvalue weighted by Crippen LogP contribution is -2.15. The van der Waals surface area contributed by atoms with E-state index in [2.05, 4.69) is 20.2 Å². The van der Waals surface area contributed by atoms with Crippen LogP contribution < -0.4 is 19.5 Å². The van der Waals surface area contributed by atoms with E-state index in [1.807, 2.05) is 18.2 Å². The Balaban J connectivity index is 1.46. The first-order chi connectivity index (χ1) is 13.1. The van der Waals surface area contributed by atoms with Gasteiger partial charge in [-0.1, -0.05) is 18.2 Å². The van der Waals surface area contributed by atoms with Crippen molar-refractivity contribution in [3.63, 3.8) is 0 Å². The van der Waals surface area contributed by atoms with Crippen molar-refractivity contribution in [1.82, 2.24) is 10.2 Å². The highest BCUT2D eigenvalue weighted by molar-refractivity contribution is 7.92.